The monoisotopic (exact) mass is 338 g/mol. The van der Waals surface area contributed by atoms with E-state index in [9.17, 15) is 4.79 Å². The fourth-order valence-electron chi connectivity index (χ4n) is 3.76. The lowest BCUT2D eigenvalue weighted by Crippen LogP contribution is -2.41. The van der Waals surface area contributed by atoms with Crippen molar-refractivity contribution in [3.63, 3.8) is 0 Å². The number of aryl methyl sites for hydroxylation is 1. The second-order valence-corrected chi connectivity index (χ2v) is 6.63. The minimum atomic E-state index is 0.0311. The van der Waals surface area contributed by atoms with Crippen LogP contribution in [0.2, 0.25) is 0 Å². The van der Waals surface area contributed by atoms with Crippen LogP contribution in [0.15, 0.2) is 42.9 Å². The molecular formula is C19H22N4O2. The van der Waals surface area contributed by atoms with E-state index in [0.29, 0.717) is 6.54 Å². The van der Waals surface area contributed by atoms with Gasteiger partial charge < -0.3 is 14.6 Å². The summed E-state index contributed by atoms with van der Waals surface area (Å²) in [5.41, 5.74) is 2.88. The molecule has 25 heavy (non-hydrogen) atoms. The van der Waals surface area contributed by atoms with Crippen molar-refractivity contribution in [3.05, 3.63) is 54.0 Å². The summed E-state index contributed by atoms with van der Waals surface area (Å²) in [4.78, 5) is 18.2. The fourth-order valence-corrected chi connectivity index (χ4v) is 3.76. The third kappa shape index (κ3) is 2.93. The number of aromatic nitrogens is 3. The van der Waals surface area contributed by atoms with Gasteiger partial charge in [-0.05, 0) is 42.7 Å². The first kappa shape index (κ1) is 15.9. The van der Waals surface area contributed by atoms with E-state index in [1.54, 1.807) is 11.8 Å². The number of nitrogens with zero attached hydrogens (tertiary/aromatic N) is 3. The Hall–Kier alpha value is -2.60. The first-order valence-electron chi connectivity index (χ1n) is 8.54. The average molecular weight is 338 g/mol. The van der Waals surface area contributed by atoms with E-state index in [1.807, 2.05) is 54.8 Å². The number of fused-ring (bicyclic) bond motifs is 1. The van der Waals surface area contributed by atoms with Crippen molar-refractivity contribution in [1.29, 1.82) is 0 Å². The van der Waals surface area contributed by atoms with Crippen molar-refractivity contribution in [1.82, 2.24) is 19.7 Å². The number of nitrogens with one attached hydrogen (secondary N) is 1. The van der Waals surface area contributed by atoms with Gasteiger partial charge in [0, 0.05) is 49.6 Å². The molecule has 1 N–H and O–H groups in total. The number of amides is 1. The molecule has 1 aromatic carbocycles. The van der Waals surface area contributed by atoms with E-state index in [2.05, 4.69) is 10.1 Å². The van der Waals surface area contributed by atoms with Crippen LogP contribution in [-0.4, -0.2) is 51.4 Å². The number of carbonyl (C=O) groups is 1. The molecule has 0 spiro atoms. The number of hydrogen-bond acceptors (Lipinski definition) is 3. The van der Waals surface area contributed by atoms with Gasteiger partial charge in [0.25, 0.3) is 5.91 Å². The van der Waals surface area contributed by atoms with Gasteiger partial charge in [0.1, 0.15) is 0 Å². The molecular weight excluding hydrogens is 316 g/mol. The minimum Gasteiger partial charge on any atom is -0.379 e. The molecule has 1 saturated heterocycles. The quantitative estimate of drug-likeness (QED) is 0.794. The summed E-state index contributed by atoms with van der Waals surface area (Å²) in [6, 6.07) is 7.82. The van der Waals surface area contributed by atoms with Crippen LogP contribution in [0.1, 0.15) is 22.3 Å². The van der Waals surface area contributed by atoms with Crippen LogP contribution in [0.5, 0.6) is 0 Å². The van der Waals surface area contributed by atoms with E-state index >= 15 is 0 Å². The predicted molar refractivity (Wildman–Crippen MR) is 95.4 cm³/mol. The van der Waals surface area contributed by atoms with Crippen LogP contribution in [0, 0.1) is 0 Å². The molecule has 4 rings (SSSR count). The first-order chi connectivity index (χ1) is 12.2. The minimum absolute atomic E-state index is 0.0311. The number of methoxy groups -OCH3 is 1. The predicted octanol–water partition coefficient (Wildman–Crippen LogP) is 2.37. The molecule has 2 aromatic heterocycles. The van der Waals surface area contributed by atoms with E-state index in [1.165, 1.54) is 0 Å². The van der Waals surface area contributed by atoms with Crippen molar-refractivity contribution in [2.24, 2.45) is 7.05 Å². The standard InChI is InChI=1S/C19H22N4O2/c1-22-12-13(11-21-22)9-17-18(25-2)6-8-23(17)19(24)15-3-4-16-14(10-15)5-7-20-16/h3-5,7,10-12,17-18,20H,6,8-9H2,1-2H3/t17-,18-/m1/s1. The highest BCUT2D eigenvalue weighted by molar-refractivity contribution is 5.98. The Morgan fingerprint density at radius 1 is 1.40 bits per heavy atom. The molecule has 0 saturated carbocycles. The highest BCUT2D eigenvalue weighted by atomic mass is 16.5. The maximum Gasteiger partial charge on any atom is 0.254 e. The second-order valence-electron chi connectivity index (χ2n) is 6.63. The molecule has 1 aliphatic rings. The van der Waals surface area contributed by atoms with Crippen LogP contribution < -0.4 is 0 Å². The summed E-state index contributed by atoms with van der Waals surface area (Å²) in [5.74, 6) is 0.0662. The summed E-state index contributed by atoms with van der Waals surface area (Å²) in [6.45, 7) is 0.716. The highest BCUT2D eigenvalue weighted by Crippen LogP contribution is 2.26. The number of hydrogen-bond donors (Lipinski definition) is 1. The number of likely N-dealkylation sites (tertiary alicyclic amines) is 1. The van der Waals surface area contributed by atoms with E-state index in [0.717, 1.165) is 34.9 Å². The van der Waals surface area contributed by atoms with Crippen LogP contribution in [0.4, 0.5) is 0 Å². The van der Waals surface area contributed by atoms with Gasteiger partial charge >= 0.3 is 0 Å². The summed E-state index contributed by atoms with van der Waals surface area (Å²) in [5, 5.41) is 5.29. The molecule has 0 unspecified atom stereocenters. The maximum absolute atomic E-state index is 13.1. The van der Waals surface area contributed by atoms with Crippen molar-refractivity contribution < 1.29 is 9.53 Å². The van der Waals surface area contributed by atoms with Gasteiger partial charge in [0.2, 0.25) is 0 Å². The van der Waals surface area contributed by atoms with E-state index in [4.69, 9.17) is 4.74 Å². The molecule has 3 aromatic rings. The van der Waals surface area contributed by atoms with Crippen LogP contribution >= 0.6 is 0 Å². The molecule has 6 nitrogen and oxygen atoms in total. The number of benzene rings is 1. The summed E-state index contributed by atoms with van der Waals surface area (Å²) < 4.78 is 7.44. The van der Waals surface area contributed by atoms with Gasteiger partial charge in [-0.2, -0.15) is 5.10 Å². The van der Waals surface area contributed by atoms with E-state index < -0.39 is 0 Å². The van der Waals surface area contributed by atoms with Gasteiger partial charge in [-0.3, -0.25) is 9.48 Å². The number of rotatable bonds is 4. The Bertz CT molecular complexity index is 898. The molecule has 3 heterocycles. The molecule has 6 heteroatoms. The van der Waals surface area contributed by atoms with Crippen molar-refractivity contribution in [2.75, 3.05) is 13.7 Å². The molecule has 0 aliphatic carbocycles. The van der Waals surface area contributed by atoms with Gasteiger partial charge in [-0.25, -0.2) is 0 Å². The zero-order valence-electron chi connectivity index (χ0n) is 14.5. The zero-order chi connectivity index (χ0) is 17.4. The van der Waals surface area contributed by atoms with Crippen molar-refractivity contribution in [3.8, 4) is 0 Å². The smallest absolute Gasteiger partial charge is 0.254 e. The van der Waals surface area contributed by atoms with Gasteiger partial charge in [-0.1, -0.05) is 0 Å². The molecule has 0 bridgehead atoms. The summed E-state index contributed by atoms with van der Waals surface area (Å²) >= 11 is 0. The fraction of sp³-hybridized carbons (Fsp3) is 0.368. The SMILES string of the molecule is CO[C@@H]1CCN(C(=O)c2ccc3[nH]ccc3c2)[C@@H]1Cc1cnn(C)c1. The lowest BCUT2D eigenvalue weighted by molar-refractivity contribution is 0.0508. The topological polar surface area (TPSA) is 63.1 Å². The summed E-state index contributed by atoms with van der Waals surface area (Å²) in [6.07, 6.45) is 7.42. The van der Waals surface area contributed by atoms with Crippen molar-refractivity contribution in [2.45, 2.75) is 25.0 Å². The Labute approximate surface area is 146 Å². The molecule has 130 valence electrons. The van der Waals surface area contributed by atoms with Crippen LogP contribution in [0.25, 0.3) is 10.9 Å². The van der Waals surface area contributed by atoms with Gasteiger partial charge in [0.05, 0.1) is 18.3 Å². The van der Waals surface area contributed by atoms with Crippen molar-refractivity contribution >= 4 is 16.8 Å². The normalized spacial score (nSPS) is 20.5. The number of H-pyrrole nitrogens is 1. The highest BCUT2D eigenvalue weighted by Gasteiger charge is 2.37. The Morgan fingerprint density at radius 2 is 2.28 bits per heavy atom. The first-order valence-corrected chi connectivity index (χ1v) is 8.54. The number of aromatic amines is 1. The number of ether oxygens (including phenoxy) is 1. The van der Waals surface area contributed by atoms with Crippen LogP contribution in [-0.2, 0) is 18.2 Å². The molecule has 0 radical (unpaired) electrons. The third-order valence-corrected chi connectivity index (χ3v) is 5.05. The lowest BCUT2D eigenvalue weighted by Gasteiger charge is -2.27. The molecule has 1 aliphatic heterocycles. The van der Waals surface area contributed by atoms with Gasteiger partial charge in [-0.15, -0.1) is 0 Å². The van der Waals surface area contributed by atoms with Gasteiger partial charge in [0.15, 0.2) is 0 Å². The third-order valence-electron chi connectivity index (χ3n) is 5.05. The Morgan fingerprint density at radius 3 is 3.04 bits per heavy atom. The lowest BCUT2D eigenvalue weighted by atomic mass is 10.0. The van der Waals surface area contributed by atoms with E-state index in [-0.39, 0.29) is 18.1 Å². The zero-order valence-corrected chi connectivity index (χ0v) is 14.5. The Balaban J connectivity index is 1.60. The Kier molecular flexibility index (Phi) is 4.05. The maximum atomic E-state index is 13.1. The van der Waals surface area contributed by atoms with Crippen LogP contribution in [0.3, 0.4) is 0 Å². The molecule has 1 amide bonds. The summed E-state index contributed by atoms with van der Waals surface area (Å²) in [7, 11) is 3.63. The molecule has 2 atom stereocenters. The molecule has 1 fully saturated rings. The average Bonchev–Trinajstić information content (AvgIpc) is 3.33. The number of carbonyl (C=O) groups excluding carboxylic acids is 1. The second kappa shape index (κ2) is 6.37. The largest absolute Gasteiger partial charge is 0.379 e.